The van der Waals surface area contributed by atoms with Crippen LogP contribution in [0.2, 0.25) is 5.02 Å². The van der Waals surface area contributed by atoms with Crippen LogP contribution in [0.3, 0.4) is 0 Å². The van der Waals surface area contributed by atoms with E-state index in [0.29, 0.717) is 17.1 Å². The number of esters is 1. The van der Waals surface area contributed by atoms with Gasteiger partial charge in [-0.3, -0.25) is 4.79 Å². The van der Waals surface area contributed by atoms with Gasteiger partial charge in [-0.15, -0.1) is 0 Å². The van der Waals surface area contributed by atoms with Crippen LogP contribution in [0.25, 0.3) is 0 Å². The van der Waals surface area contributed by atoms with Crippen LogP contribution in [0.4, 0.5) is 0 Å². The third-order valence-corrected chi connectivity index (χ3v) is 5.03. The number of carbonyl (C=O) groups excluding carboxylic acids is 2. The Morgan fingerprint density at radius 2 is 2.07 bits per heavy atom. The summed E-state index contributed by atoms with van der Waals surface area (Å²) < 4.78 is 12.8. The first-order chi connectivity index (χ1) is 12.9. The van der Waals surface area contributed by atoms with E-state index >= 15 is 0 Å². The highest BCUT2D eigenvalue weighted by atomic mass is 35.5. The predicted octanol–water partition coefficient (Wildman–Crippen LogP) is 3.68. The molecule has 144 valence electrons. The van der Waals surface area contributed by atoms with E-state index in [4.69, 9.17) is 21.1 Å². The molecule has 0 bridgehead atoms. The van der Waals surface area contributed by atoms with Crippen LogP contribution in [0.5, 0.6) is 5.75 Å². The summed E-state index contributed by atoms with van der Waals surface area (Å²) in [5.41, 5.74) is 2.29. The SMILES string of the molecule is Cc1cc(C(=O)COC(=O)c2ccc(Cl)cc2O)c(C)n1CC1CCCO1. The van der Waals surface area contributed by atoms with E-state index in [1.165, 1.54) is 18.2 Å². The number of benzene rings is 1. The van der Waals surface area contributed by atoms with Gasteiger partial charge in [0.1, 0.15) is 11.3 Å². The van der Waals surface area contributed by atoms with Gasteiger partial charge in [0.05, 0.1) is 6.10 Å². The molecular formula is C20H22ClNO5. The molecule has 1 fully saturated rings. The van der Waals surface area contributed by atoms with Crippen LogP contribution in [0.1, 0.15) is 44.9 Å². The van der Waals surface area contributed by atoms with Crippen molar-refractivity contribution < 1.29 is 24.2 Å². The molecule has 1 unspecified atom stereocenters. The lowest BCUT2D eigenvalue weighted by Crippen LogP contribution is -2.18. The van der Waals surface area contributed by atoms with Crippen LogP contribution in [-0.2, 0) is 16.0 Å². The molecule has 1 saturated heterocycles. The number of nitrogens with zero attached hydrogens (tertiary/aromatic N) is 1. The lowest BCUT2D eigenvalue weighted by Gasteiger charge is -2.14. The second-order valence-corrected chi connectivity index (χ2v) is 7.13. The number of halogens is 1. The third-order valence-electron chi connectivity index (χ3n) is 4.80. The van der Waals surface area contributed by atoms with Crippen LogP contribution in [0.15, 0.2) is 24.3 Å². The maximum Gasteiger partial charge on any atom is 0.342 e. The maximum atomic E-state index is 12.5. The summed E-state index contributed by atoms with van der Waals surface area (Å²) in [6.07, 6.45) is 2.25. The number of hydrogen-bond acceptors (Lipinski definition) is 5. The zero-order valence-electron chi connectivity index (χ0n) is 15.3. The standard InChI is InChI=1S/C20H22ClNO5/c1-12-8-17(13(2)22(12)10-15-4-3-7-26-15)19(24)11-27-20(25)16-6-5-14(21)9-18(16)23/h5-6,8-9,15,23H,3-4,7,10-11H2,1-2H3. The maximum absolute atomic E-state index is 12.5. The Morgan fingerprint density at radius 1 is 1.30 bits per heavy atom. The molecule has 0 radical (unpaired) electrons. The summed E-state index contributed by atoms with van der Waals surface area (Å²) in [6, 6.07) is 5.88. The Labute approximate surface area is 162 Å². The van der Waals surface area contributed by atoms with Gasteiger partial charge < -0.3 is 19.1 Å². The number of aromatic hydroxyl groups is 1. The minimum atomic E-state index is -0.773. The van der Waals surface area contributed by atoms with Gasteiger partial charge in [-0.25, -0.2) is 4.79 Å². The molecule has 0 spiro atoms. The van der Waals surface area contributed by atoms with E-state index in [0.717, 1.165) is 30.8 Å². The van der Waals surface area contributed by atoms with Crippen molar-refractivity contribution >= 4 is 23.4 Å². The highest BCUT2D eigenvalue weighted by molar-refractivity contribution is 6.30. The molecule has 0 saturated carbocycles. The minimum Gasteiger partial charge on any atom is -0.507 e. The molecule has 27 heavy (non-hydrogen) atoms. The molecule has 2 aromatic rings. The molecule has 3 rings (SSSR count). The molecule has 1 N–H and O–H groups in total. The van der Waals surface area contributed by atoms with Crippen LogP contribution >= 0.6 is 11.6 Å². The summed E-state index contributed by atoms with van der Waals surface area (Å²) in [4.78, 5) is 24.6. The minimum absolute atomic E-state index is 0.0314. The number of aromatic nitrogens is 1. The Morgan fingerprint density at radius 3 is 2.74 bits per heavy atom. The molecule has 1 aromatic carbocycles. The third kappa shape index (κ3) is 4.34. The average Bonchev–Trinajstić information content (AvgIpc) is 3.23. The topological polar surface area (TPSA) is 77.8 Å². The van der Waals surface area contributed by atoms with Gasteiger partial charge in [0.25, 0.3) is 0 Å². The summed E-state index contributed by atoms with van der Waals surface area (Å²) in [5, 5.41) is 10.1. The number of phenols is 1. The van der Waals surface area contributed by atoms with Gasteiger partial charge in [-0.1, -0.05) is 11.6 Å². The summed E-state index contributed by atoms with van der Waals surface area (Å²) >= 11 is 5.75. The van der Waals surface area contributed by atoms with Crippen molar-refractivity contribution in [2.24, 2.45) is 0 Å². The molecule has 6 nitrogen and oxygen atoms in total. The predicted molar refractivity (Wildman–Crippen MR) is 101 cm³/mol. The number of phenolic OH excluding ortho intramolecular Hbond substituents is 1. The van der Waals surface area contributed by atoms with E-state index in [1.54, 1.807) is 6.07 Å². The molecule has 7 heteroatoms. The molecule has 1 aromatic heterocycles. The number of hydrogen-bond donors (Lipinski definition) is 1. The van der Waals surface area contributed by atoms with Crippen molar-refractivity contribution in [3.05, 3.63) is 51.8 Å². The van der Waals surface area contributed by atoms with Crippen LogP contribution < -0.4 is 0 Å². The van der Waals surface area contributed by atoms with Crippen LogP contribution in [-0.4, -0.2) is 40.7 Å². The fraction of sp³-hybridized carbons (Fsp3) is 0.400. The van der Waals surface area contributed by atoms with E-state index in [9.17, 15) is 14.7 Å². The van der Waals surface area contributed by atoms with Crippen molar-refractivity contribution in [3.63, 3.8) is 0 Å². The second kappa shape index (κ2) is 8.15. The highest BCUT2D eigenvalue weighted by Gasteiger charge is 2.22. The molecular weight excluding hydrogens is 370 g/mol. The molecule has 0 aliphatic carbocycles. The Bertz CT molecular complexity index is 867. The lowest BCUT2D eigenvalue weighted by molar-refractivity contribution is 0.0471. The number of ether oxygens (including phenoxy) is 2. The largest absolute Gasteiger partial charge is 0.507 e. The highest BCUT2D eigenvalue weighted by Crippen LogP contribution is 2.23. The Hall–Kier alpha value is -2.31. The first-order valence-corrected chi connectivity index (χ1v) is 9.21. The Balaban J connectivity index is 1.66. The van der Waals surface area contributed by atoms with E-state index in [1.807, 2.05) is 13.8 Å². The van der Waals surface area contributed by atoms with Gasteiger partial charge in [-0.05, 0) is 51.0 Å². The van der Waals surface area contributed by atoms with E-state index in [-0.39, 0.29) is 23.2 Å². The summed E-state index contributed by atoms with van der Waals surface area (Å²) in [7, 11) is 0. The van der Waals surface area contributed by atoms with Crippen molar-refractivity contribution in [2.75, 3.05) is 13.2 Å². The number of Topliss-reactive ketones (excluding diaryl/α,β-unsaturated/α-hetero) is 1. The zero-order valence-corrected chi connectivity index (χ0v) is 16.1. The molecule has 2 heterocycles. The monoisotopic (exact) mass is 391 g/mol. The first-order valence-electron chi connectivity index (χ1n) is 8.84. The second-order valence-electron chi connectivity index (χ2n) is 6.69. The van der Waals surface area contributed by atoms with Crippen LogP contribution in [0, 0.1) is 13.8 Å². The fourth-order valence-corrected chi connectivity index (χ4v) is 3.49. The molecule has 1 aliphatic heterocycles. The van der Waals surface area contributed by atoms with Gasteiger partial charge >= 0.3 is 5.97 Å². The fourth-order valence-electron chi connectivity index (χ4n) is 3.32. The van der Waals surface area contributed by atoms with Gasteiger partial charge in [0.2, 0.25) is 5.78 Å². The van der Waals surface area contributed by atoms with Gasteiger partial charge in [0.15, 0.2) is 6.61 Å². The van der Waals surface area contributed by atoms with E-state index in [2.05, 4.69) is 4.57 Å². The number of carbonyl (C=O) groups is 2. The number of rotatable bonds is 6. The molecule has 1 aliphatic rings. The molecule has 1 atom stereocenters. The lowest BCUT2D eigenvalue weighted by atomic mass is 10.1. The average molecular weight is 392 g/mol. The smallest absolute Gasteiger partial charge is 0.342 e. The van der Waals surface area contributed by atoms with Crippen molar-refractivity contribution in [1.29, 1.82) is 0 Å². The van der Waals surface area contributed by atoms with Crippen molar-refractivity contribution in [3.8, 4) is 5.75 Å². The van der Waals surface area contributed by atoms with E-state index < -0.39 is 12.6 Å². The van der Waals surface area contributed by atoms with Gasteiger partial charge in [0, 0.05) is 35.1 Å². The first kappa shape index (κ1) is 19.5. The number of ketones is 1. The summed E-state index contributed by atoms with van der Waals surface area (Å²) in [6.45, 7) is 4.91. The van der Waals surface area contributed by atoms with Gasteiger partial charge in [-0.2, -0.15) is 0 Å². The quantitative estimate of drug-likeness (QED) is 0.600. The van der Waals surface area contributed by atoms with Crippen molar-refractivity contribution in [1.82, 2.24) is 4.57 Å². The normalized spacial score (nSPS) is 16.5. The summed E-state index contributed by atoms with van der Waals surface area (Å²) in [5.74, 6) is -1.34. The van der Waals surface area contributed by atoms with Crippen molar-refractivity contribution in [2.45, 2.75) is 39.3 Å². The number of aryl methyl sites for hydroxylation is 1. The Kier molecular flexibility index (Phi) is 5.87. The zero-order chi connectivity index (χ0) is 19.6. The molecule has 0 amide bonds.